The summed E-state index contributed by atoms with van der Waals surface area (Å²) in [6.07, 6.45) is 0.945. The number of carbonyl (C=O) groups is 2. The number of nitrogens with one attached hydrogen (secondary N) is 2. The Hall–Kier alpha value is -1.40. The third-order valence-electron chi connectivity index (χ3n) is 3.23. The molecule has 0 spiro atoms. The summed E-state index contributed by atoms with van der Waals surface area (Å²) in [4.78, 5) is 26.4. The SMILES string of the molecule is CCc1ccsc1CNC(=O)C(=O)N1CCNCC1. The molecule has 2 heterocycles. The predicted molar refractivity (Wildman–Crippen MR) is 75.0 cm³/mol. The van der Waals surface area contributed by atoms with Crippen LogP contribution in [0.3, 0.4) is 0 Å². The molecule has 2 amide bonds. The van der Waals surface area contributed by atoms with Gasteiger partial charge in [0.2, 0.25) is 0 Å². The van der Waals surface area contributed by atoms with Crippen molar-refractivity contribution in [2.45, 2.75) is 19.9 Å². The Labute approximate surface area is 117 Å². The lowest BCUT2D eigenvalue weighted by atomic mass is 10.2. The third kappa shape index (κ3) is 3.54. The zero-order chi connectivity index (χ0) is 13.7. The van der Waals surface area contributed by atoms with Crippen LogP contribution in [0.5, 0.6) is 0 Å². The zero-order valence-corrected chi connectivity index (χ0v) is 11.9. The molecule has 0 unspecified atom stereocenters. The molecule has 6 heteroatoms. The molecule has 1 saturated heterocycles. The molecule has 0 aliphatic carbocycles. The van der Waals surface area contributed by atoms with Crippen molar-refractivity contribution in [1.29, 1.82) is 0 Å². The van der Waals surface area contributed by atoms with Gasteiger partial charge in [-0.05, 0) is 23.4 Å². The van der Waals surface area contributed by atoms with Crippen molar-refractivity contribution in [2.75, 3.05) is 26.2 Å². The van der Waals surface area contributed by atoms with E-state index >= 15 is 0 Å². The Morgan fingerprint density at radius 3 is 2.84 bits per heavy atom. The Balaban J connectivity index is 1.85. The second-order valence-electron chi connectivity index (χ2n) is 4.45. The molecular formula is C13H19N3O2S. The molecule has 104 valence electrons. The van der Waals surface area contributed by atoms with Gasteiger partial charge in [0.25, 0.3) is 0 Å². The Morgan fingerprint density at radius 2 is 2.16 bits per heavy atom. The number of thiophene rings is 1. The van der Waals surface area contributed by atoms with E-state index in [0.717, 1.165) is 24.4 Å². The number of amides is 2. The highest BCUT2D eigenvalue weighted by molar-refractivity contribution is 7.10. The maximum atomic E-state index is 11.9. The van der Waals surface area contributed by atoms with Crippen molar-refractivity contribution in [3.05, 3.63) is 21.9 Å². The van der Waals surface area contributed by atoms with Gasteiger partial charge in [-0.3, -0.25) is 9.59 Å². The normalized spacial score (nSPS) is 15.3. The van der Waals surface area contributed by atoms with Gasteiger partial charge in [-0.15, -0.1) is 11.3 Å². The molecule has 1 aromatic rings. The van der Waals surface area contributed by atoms with E-state index in [9.17, 15) is 9.59 Å². The lowest BCUT2D eigenvalue weighted by molar-refractivity contribution is -0.146. The second kappa shape index (κ2) is 6.68. The second-order valence-corrected chi connectivity index (χ2v) is 5.45. The molecule has 0 radical (unpaired) electrons. The average Bonchev–Trinajstić information content (AvgIpc) is 2.92. The molecule has 2 N–H and O–H groups in total. The average molecular weight is 281 g/mol. The Morgan fingerprint density at radius 1 is 1.42 bits per heavy atom. The molecule has 1 fully saturated rings. The lowest BCUT2D eigenvalue weighted by Gasteiger charge is -2.26. The van der Waals surface area contributed by atoms with Crippen LogP contribution in [0.1, 0.15) is 17.4 Å². The Bertz CT molecular complexity index is 452. The number of carbonyl (C=O) groups excluding carboxylic acids is 2. The van der Waals surface area contributed by atoms with E-state index in [-0.39, 0.29) is 0 Å². The first kappa shape index (κ1) is 14.0. The van der Waals surface area contributed by atoms with E-state index in [1.54, 1.807) is 16.2 Å². The summed E-state index contributed by atoms with van der Waals surface area (Å²) in [5.41, 5.74) is 1.24. The number of piperazine rings is 1. The first-order chi connectivity index (χ1) is 9.22. The van der Waals surface area contributed by atoms with Gasteiger partial charge >= 0.3 is 11.8 Å². The highest BCUT2D eigenvalue weighted by Gasteiger charge is 2.22. The minimum Gasteiger partial charge on any atom is -0.343 e. The van der Waals surface area contributed by atoms with Crippen molar-refractivity contribution in [1.82, 2.24) is 15.5 Å². The van der Waals surface area contributed by atoms with Gasteiger partial charge in [0.1, 0.15) is 0 Å². The summed E-state index contributed by atoms with van der Waals surface area (Å²) in [5, 5.41) is 7.88. The molecule has 5 nitrogen and oxygen atoms in total. The number of hydrogen-bond donors (Lipinski definition) is 2. The maximum Gasteiger partial charge on any atom is 0.311 e. The van der Waals surface area contributed by atoms with Gasteiger partial charge in [-0.2, -0.15) is 0 Å². The van der Waals surface area contributed by atoms with Crippen LogP contribution in [0.25, 0.3) is 0 Å². The van der Waals surface area contributed by atoms with Crippen LogP contribution < -0.4 is 10.6 Å². The van der Waals surface area contributed by atoms with Crippen LogP contribution in [0.15, 0.2) is 11.4 Å². The van der Waals surface area contributed by atoms with Crippen LogP contribution in [-0.4, -0.2) is 42.9 Å². The first-order valence-electron chi connectivity index (χ1n) is 6.55. The fourth-order valence-corrected chi connectivity index (χ4v) is 3.00. The van der Waals surface area contributed by atoms with E-state index in [1.807, 2.05) is 5.38 Å². The highest BCUT2D eigenvalue weighted by Crippen LogP contribution is 2.16. The van der Waals surface area contributed by atoms with Crippen molar-refractivity contribution in [3.63, 3.8) is 0 Å². The molecule has 1 aliphatic heterocycles. The number of rotatable bonds is 3. The predicted octanol–water partition coefficient (Wildman–Crippen LogP) is 0.359. The topological polar surface area (TPSA) is 61.4 Å². The fourth-order valence-electron chi connectivity index (χ4n) is 2.08. The standard InChI is InChI=1S/C13H19N3O2S/c1-2-10-3-8-19-11(10)9-15-12(17)13(18)16-6-4-14-5-7-16/h3,8,14H,2,4-7,9H2,1H3,(H,15,17). The van der Waals surface area contributed by atoms with Crippen LogP contribution in [0.2, 0.25) is 0 Å². The van der Waals surface area contributed by atoms with Gasteiger partial charge < -0.3 is 15.5 Å². The molecule has 1 aliphatic rings. The van der Waals surface area contributed by atoms with Crippen LogP contribution in [0, 0.1) is 0 Å². The molecule has 19 heavy (non-hydrogen) atoms. The highest BCUT2D eigenvalue weighted by atomic mass is 32.1. The molecule has 1 aromatic heterocycles. The number of nitrogens with zero attached hydrogens (tertiary/aromatic N) is 1. The van der Waals surface area contributed by atoms with E-state index in [2.05, 4.69) is 23.6 Å². The van der Waals surface area contributed by atoms with Crippen LogP contribution in [-0.2, 0) is 22.6 Å². The molecule has 0 aromatic carbocycles. The van der Waals surface area contributed by atoms with Gasteiger partial charge in [-0.25, -0.2) is 0 Å². The first-order valence-corrected chi connectivity index (χ1v) is 7.43. The van der Waals surface area contributed by atoms with Gasteiger partial charge in [0.15, 0.2) is 0 Å². The summed E-state index contributed by atoms with van der Waals surface area (Å²) in [7, 11) is 0. The summed E-state index contributed by atoms with van der Waals surface area (Å²) >= 11 is 1.61. The lowest BCUT2D eigenvalue weighted by Crippen LogP contribution is -2.51. The Kier molecular flexibility index (Phi) is 4.93. The van der Waals surface area contributed by atoms with E-state index in [1.165, 1.54) is 5.56 Å². The number of hydrogen-bond acceptors (Lipinski definition) is 4. The molecule has 0 saturated carbocycles. The van der Waals surface area contributed by atoms with Crippen molar-refractivity contribution in [2.24, 2.45) is 0 Å². The smallest absolute Gasteiger partial charge is 0.311 e. The minimum absolute atomic E-state index is 0.420. The van der Waals surface area contributed by atoms with Crippen LogP contribution in [0.4, 0.5) is 0 Å². The molecule has 2 rings (SSSR count). The van der Waals surface area contributed by atoms with E-state index < -0.39 is 11.8 Å². The summed E-state index contributed by atoms with van der Waals surface area (Å²) in [6.45, 7) is 5.24. The maximum absolute atomic E-state index is 11.9. The number of aryl methyl sites for hydroxylation is 1. The zero-order valence-electron chi connectivity index (χ0n) is 11.1. The van der Waals surface area contributed by atoms with Crippen molar-refractivity contribution in [3.8, 4) is 0 Å². The molecule has 0 atom stereocenters. The van der Waals surface area contributed by atoms with Gasteiger partial charge in [0, 0.05) is 31.1 Å². The van der Waals surface area contributed by atoms with Gasteiger partial charge in [0.05, 0.1) is 6.54 Å². The molecule has 0 bridgehead atoms. The largest absolute Gasteiger partial charge is 0.343 e. The monoisotopic (exact) mass is 281 g/mol. The quantitative estimate of drug-likeness (QED) is 0.786. The van der Waals surface area contributed by atoms with Gasteiger partial charge in [-0.1, -0.05) is 6.92 Å². The van der Waals surface area contributed by atoms with E-state index in [4.69, 9.17) is 0 Å². The molecular weight excluding hydrogens is 262 g/mol. The minimum atomic E-state index is -0.502. The fraction of sp³-hybridized carbons (Fsp3) is 0.538. The van der Waals surface area contributed by atoms with Crippen molar-refractivity contribution >= 4 is 23.2 Å². The summed E-state index contributed by atoms with van der Waals surface area (Å²) in [6, 6.07) is 2.06. The van der Waals surface area contributed by atoms with Crippen LogP contribution >= 0.6 is 11.3 Å². The summed E-state index contributed by atoms with van der Waals surface area (Å²) in [5.74, 6) is -0.923. The van der Waals surface area contributed by atoms with E-state index in [0.29, 0.717) is 19.6 Å². The van der Waals surface area contributed by atoms with Crippen molar-refractivity contribution < 1.29 is 9.59 Å². The third-order valence-corrected chi connectivity index (χ3v) is 4.19. The summed E-state index contributed by atoms with van der Waals surface area (Å²) < 4.78 is 0.